The second-order valence-electron chi connectivity index (χ2n) is 7.04. The Morgan fingerprint density at radius 2 is 1.46 bits per heavy atom. The van der Waals surface area contributed by atoms with E-state index in [0.717, 1.165) is 38.5 Å². The third-order valence-electron chi connectivity index (χ3n) is 4.51. The molecule has 24 heavy (non-hydrogen) atoms. The molecular weight excluding hydrogens is 298 g/mol. The fourth-order valence-electron chi connectivity index (χ4n) is 2.92. The Bertz CT molecular complexity index is 302. The van der Waals surface area contributed by atoms with Crippen LogP contribution in [-0.4, -0.2) is 17.1 Å². The van der Waals surface area contributed by atoms with Crippen LogP contribution in [0.25, 0.3) is 0 Å². The first-order valence-corrected chi connectivity index (χ1v) is 10.3. The van der Waals surface area contributed by atoms with Crippen LogP contribution in [0.1, 0.15) is 110 Å². The second kappa shape index (κ2) is 18.5. The largest absolute Gasteiger partial charge is 0.393 e. The molecular formula is C21H41NO2. The van der Waals surface area contributed by atoms with Crippen molar-refractivity contribution in [2.24, 2.45) is 5.73 Å². The standard InChI is InChI=1S/C21H41NO2/c1-2-3-4-5-8-11-14-17-20(23)18-15-12-9-6-7-10-13-16-19-21(22)24/h12,15,20,23H,2-11,13-14,16-19H2,1H3,(H2,22,24)/b15-12+. The van der Waals surface area contributed by atoms with Gasteiger partial charge < -0.3 is 10.8 Å². The fourth-order valence-corrected chi connectivity index (χ4v) is 2.92. The lowest BCUT2D eigenvalue weighted by Gasteiger charge is -2.07. The lowest BCUT2D eigenvalue weighted by molar-refractivity contribution is -0.118. The topological polar surface area (TPSA) is 63.3 Å². The second-order valence-corrected chi connectivity index (χ2v) is 7.04. The normalized spacial score (nSPS) is 12.8. The molecule has 0 fully saturated rings. The van der Waals surface area contributed by atoms with Crippen molar-refractivity contribution >= 4 is 5.91 Å². The number of hydrogen-bond donors (Lipinski definition) is 2. The quantitative estimate of drug-likeness (QED) is 0.250. The molecule has 3 N–H and O–H groups in total. The van der Waals surface area contributed by atoms with Gasteiger partial charge in [0.1, 0.15) is 0 Å². The van der Waals surface area contributed by atoms with Crippen LogP contribution in [0.15, 0.2) is 12.2 Å². The van der Waals surface area contributed by atoms with Crippen LogP contribution in [0.4, 0.5) is 0 Å². The van der Waals surface area contributed by atoms with E-state index in [0.29, 0.717) is 6.42 Å². The van der Waals surface area contributed by atoms with Crippen molar-refractivity contribution in [1.82, 2.24) is 0 Å². The van der Waals surface area contributed by atoms with Crippen LogP contribution in [0, 0.1) is 0 Å². The summed E-state index contributed by atoms with van der Waals surface area (Å²) in [7, 11) is 0. The first-order chi connectivity index (χ1) is 11.7. The first kappa shape index (κ1) is 23.2. The van der Waals surface area contributed by atoms with Gasteiger partial charge in [0.15, 0.2) is 0 Å². The van der Waals surface area contributed by atoms with E-state index in [1.54, 1.807) is 0 Å². The van der Waals surface area contributed by atoms with Crippen LogP contribution >= 0.6 is 0 Å². The van der Waals surface area contributed by atoms with Gasteiger partial charge in [0.25, 0.3) is 0 Å². The van der Waals surface area contributed by atoms with E-state index in [1.807, 2.05) is 0 Å². The summed E-state index contributed by atoms with van der Waals surface area (Å²) < 4.78 is 0. The number of aliphatic hydroxyl groups is 1. The number of hydrogen-bond acceptors (Lipinski definition) is 2. The minimum Gasteiger partial charge on any atom is -0.393 e. The molecule has 0 heterocycles. The van der Waals surface area contributed by atoms with Crippen molar-refractivity contribution < 1.29 is 9.90 Å². The molecule has 0 rings (SSSR count). The molecule has 3 heteroatoms. The van der Waals surface area contributed by atoms with Gasteiger partial charge in [0.05, 0.1) is 6.10 Å². The van der Waals surface area contributed by atoms with Crippen LogP contribution in [-0.2, 0) is 4.79 Å². The monoisotopic (exact) mass is 339 g/mol. The van der Waals surface area contributed by atoms with E-state index >= 15 is 0 Å². The van der Waals surface area contributed by atoms with Gasteiger partial charge in [-0.05, 0) is 32.1 Å². The number of rotatable bonds is 18. The molecule has 1 unspecified atom stereocenters. The molecule has 0 aromatic rings. The van der Waals surface area contributed by atoms with Crippen molar-refractivity contribution in [1.29, 1.82) is 0 Å². The number of nitrogens with two attached hydrogens (primary N) is 1. The molecule has 0 spiro atoms. The summed E-state index contributed by atoms with van der Waals surface area (Å²) in [5.41, 5.74) is 5.11. The van der Waals surface area contributed by atoms with Gasteiger partial charge in [-0.2, -0.15) is 0 Å². The van der Waals surface area contributed by atoms with Gasteiger partial charge in [-0.1, -0.05) is 83.3 Å². The summed E-state index contributed by atoms with van der Waals surface area (Å²) in [6.45, 7) is 2.25. The summed E-state index contributed by atoms with van der Waals surface area (Å²) in [5.74, 6) is -0.187. The summed E-state index contributed by atoms with van der Waals surface area (Å²) in [5, 5.41) is 9.95. The summed E-state index contributed by atoms with van der Waals surface area (Å²) >= 11 is 0. The average molecular weight is 340 g/mol. The SMILES string of the molecule is CCCCCCCCCC(O)C/C=C/CCCCCCCC(N)=O. The van der Waals surface area contributed by atoms with Gasteiger partial charge >= 0.3 is 0 Å². The molecule has 1 amide bonds. The van der Waals surface area contributed by atoms with Crippen molar-refractivity contribution in [3.05, 3.63) is 12.2 Å². The molecule has 0 aliphatic carbocycles. The summed E-state index contributed by atoms with van der Waals surface area (Å²) in [6, 6.07) is 0. The highest BCUT2D eigenvalue weighted by molar-refractivity contribution is 5.73. The van der Waals surface area contributed by atoms with E-state index in [9.17, 15) is 9.90 Å². The smallest absolute Gasteiger partial charge is 0.217 e. The summed E-state index contributed by atoms with van der Waals surface area (Å²) in [6.07, 6.45) is 22.3. The van der Waals surface area contributed by atoms with Gasteiger partial charge in [0, 0.05) is 6.42 Å². The lowest BCUT2D eigenvalue weighted by atomic mass is 10.0. The molecule has 0 radical (unpaired) electrons. The average Bonchev–Trinajstić information content (AvgIpc) is 2.55. The zero-order chi connectivity index (χ0) is 17.9. The molecule has 0 aliphatic heterocycles. The molecule has 0 bridgehead atoms. The fraction of sp³-hybridized carbons (Fsp3) is 0.857. The van der Waals surface area contributed by atoms with Gasteiger partial charge in [-0.3, -0.25) is 4.79 Å². The molecule has 0 saturated heterocycles. The Morgan fingerprint density at radius 3 is 2.12 bits per heavy atom. The van der Waals surface area contributed by atoms with Crippen molar-refractivity contribution in [3.63, 3.8) is 0 Å². The van der Waals surface area contributed by atoms with Gasteiger partial charge in [0.2, 0.25) is 5.91 Å². The third-order valence-corrected chi connectivity index (χ3v) is 4.51. The van der Waals surface area contributed by atoms with Crippen LogP contribution < -0.4 is 5.73 Å². The zero-order valence-electron chi connectivity index (χ0n) is 16.0. The highest BCUT2D eigenvalue weighted by Gasteiger charge is 2.01. The van der Waals surface area contributed by atoms with Gasteiger partial charge in [-0.25, -0.2) is 0 Å². The van der Waals surface area contributed by atoms with E-state index in [4.69, 9.17) is 5.73 Å². The van der Waals surface area contributed by atoms with E-state index in [2.05, 4.69) is 19.1 Å². The Labute approximate surface area is 150 Å². The Morgan fingerprint density at radius 1 is 0.875 bits per heavy atom. The number of allylic oxidation sites excluding steroid dienone is 1. The van der Waals surface area contributed by atoms with E-state index in [-0.39, 0.29) is 12.0 Å². The Hall–Kier alpha value is -0.830. The molecule has 3 nitrogen and oxygen atoms in total. The number of primary amides is 1. The molecule has 0 aromatic carbocycles. The van der Waals surface area contributed by atoms with Crippen molar-refractivity contribution in [3.8, 4) is 0 Å². The van der Waals surface area contributed by atoms with E-state index < -0.39 is 0 Å². The molecule has 142 valence electrons. The highest BCUT2D eigenvalue weighted by Crippen LogP contribution is 2.12. The number of carbonyl (C=O) groups excluding carboxylic acids is 1. The minimum atomic E-state index is -0.187. The molecule has 0 aromatic heterocycles. The van der Waals surface area contributed by atoms with Crippen LogP contribution in [0.3, 0.4) is 0 Å². The molecule has 0 aliphatic rings. The van der Waals surface area contributed by atoms with Crippen molar-refractivity contribution in [2.45, 2.75) is 116 Å². The number of carbonyl (C=O) groups is 1. The predicted molar refractivity (Wildman–Crippen MR) is 104 cm³/mol. The minimum absolute atomic E-state index is 0.161. The van der Waals surface area contributed by atoms with Crippen LogP contribution in [0.2, 0.25) is 0 Å². The maximum atomic E-state index is 10.6. The predicted octanol–water partition coefficient (Wildman–Crippen LogP) is 5.65. The van der Waals surface area contributed by atoms with Gasteiger partial charge in [-0.15, -0.1) is 0 Å². The highest BCUT2D eigenvalue weighted by atomic mass is 16.3. The number of amides is 1. The molecule has 1 atom stereocenters. The maximum absolute atomic E-state index is 10.6. The van der Waals surface area contributed by atoms with E-state index in [1.165, 1.54) is 57.8 Å². The first-order valence-electron chi connectivity index (χ1n) is 10.3. The summed E-state index contributed by atoms with van der Waals surface area (Å²) in [4.78, 5) is 10.6. The maximum Gasteiger partial charge on any atom is 0.217 e. The lowest BCUT2D eigenvalue weighted by Crippen LogP contribution is -2.09. The number of aliphatic hydroxyl groups excluding tert-OH is 1. The zero-order valence-corrected chi connectivity index (χ0v) is 16.0. The molecule has 0 saturated carbocycles. The Balaban J connectivity index is 3.27. The van der Waals surface area contributed by atoms with Crippen LogP contribution in [0.5, 0.6) is 0 Å². The Kier molecular flexibility index (Phi) is 17.9. The number of unbranched alkanes of at least 4 members (excludes halogenated alkanes) is 11. The third kappa shape index (κ3) is 19.2. The van der Waals surface area contributed by atoms with Crippen molar-refractivity contribution in [2.75, 3.05) is 0 Å².